The van der Waals surface area contributed by atoms with E-state index in [1.807, 2.05) is 30.5 Å². The van der Waals surface area contributed by atoms with Crippen molar-refractivity contribution in [2.24, 2.45) is 0 Å². The van der Waals surface area contributed by atoms with Gasteiger partial charge in [0, 0.05) is 44.1 Å². The third-order valence-electron chi connectivity index (χ3n) is 6.79. The van der Waals surface area contributed by atoms with Crippen molar-refractivity contribution in [3.05, 3.63) is 97.2 Å². The Hall–Kier alpha value is -4.37. The number of benzene rings is 4. The van der Waals surface area contributed by atoms with Crippen LogP contribution in [-0.4, -0.2) is 9.38 Å². The first kappa shape index (κ1) is 16.3. The van der Waals surface area contributed by atoms with Gasteiger partial charge in [-0.05, 0) is 24.3 Å². The Balaban J connectivity index is 1.52. The SMILES string of the molecule is c1ccc2c(c1)oc1c(-c3ccc4c5cccc6c7ccccc7n(c4c3)c65)nccc12. The molecule has 0 fully saturated rings. The minimum absolute atomic E-state index is 0.840. The number of rotatable bonds is 1. The second-order valence-electron chi connectivity index (χ2n) is 8.42. The van der Waals surface area contributed by atoms with Crippen molar-refractivity contribution in [1.29, 1.82) is 0 Å². The third-order valence-corrected chi connectivity index (χ3v) is 6.79. The standard InChI is InChI=1S/C29H16N2O/c1-3-10-24-18(6-1)21-8-5-9-22-19-13-12-17(16-25(19)31(24)28(21)22)27-29-23(14-15-30-27)20-7-2-4-11-26(20)32-29/h1-16H. The number of nitrogens with zero attached hydrogens (tertiary/aromatic N) is 2. The van der Waals surface area contributed by atoms with Gasteiger partial charge in [-0.2, -0.15) is 0 Å². The Morgan fingerprint density at radius 2 is 1.34 bits per heavy atom. The third kappa shape index (κ3) is 1.89. The van der Waals surface area contributed by atoms with E-state index < -0.39 is 0 Å². The lowest BCUT2D eigenvalue weighted by atomic mass is 10.0. The number of pyridine rings is 1. The average Bonchev–Trinajstić information content (AvgIpc) is 3.50. The lowest BCUT2D eigenvalue weighted by Gasteiger charge is -2.04. The van der Waals surface area contributed by atoms with Crippen LogP contribution in [0.25, 0.3) is 71.3 Å². The molecule has 0 aliphatic heterocycles. The Kier molecular flexibility index (Phi) is 2.89. The van der Waals surface area contributed by atoms with Gasteiger partial charge in [-0.15, -0.1) is 0 Å². The quantitative estimate of drug-likeness (QED) is 0.277. The smallest absolute Gasteiger partial charge is 0.161 e. The number of hydrogen-bond donors (Lipinski definition) is 0. The molecule has 8 rings (SSSR count). The summed E-state index contributed by atoms with van der Waals surface area (Å²) in [6, 6.07) is 32.1. The van der Waals surface area contributed by atoms with Crippen molar-refractivity contribution in [3.63, 3.8) is 0 Å². The lowest BCUT2D eigenvalue weighted by Crippen LogP contribution is -1.86. The fraction of sp³-hybridized carbons (Fsp3) is 0. The molecular weight excluding hydrogens is 392 g/mol. The summed E-state index contributed by atoms with van der Waals surface area (Å²) in [5, 5.41) is 7.36. The van der Waals surface area contributed by atoms with Crippen molar-refractivity contribution in [2.45, 2.75) is 0 Å². The maximum Gasteiger partial charge on any atom is 0.161 e. The van der Waals surface area contributed by atoms with Gasteiger partial charge in [0.2, 0.25) is 0 Å². The molecule has 4 heterocycles. The van der Waals surface area contributed by atoms with Gasteiger partial charge in [-0.3, -0.25) is 4.98 Å². The first-order chi connectivity index (χ1) is 15.9. The topological polar surface area (TPSA) is 30.4 Å². The molecule has 0 bridgehead atoms. The fourth-order valence-corrected chi connectivity index (χ4v) is 5.44. The van der Waals surface area contributed by atoms with Crippen LogP contribution in [0.4, 0.5) is 0 Å². The maximum atomic E-state index is 6.26. The minimum Gasteiger partial charge on any atom is -0.454 e. The second kappa shape index (κ2) is 5.65. The van der Waals surface area contributed by atoms with Gasteiger partial charge in [0.15, 0.2) is 5.58 Å². The maximum absolute atomic E-state index is 6.26. The molecule has 0 saturated carbocycles. The summed E-state index contributed by atoms with van der Waals surface area (Å²) in [6.45, 7) is 0. The molecule has 0 unspecified atom stereocenters. The van der Waals surface area contributed by atoms with Crippen LogP contribution in [-0.2, 0) is 0 Å². The highest BCUT2D eigenvalue weighted by atomic mass is 16.3. The van der Waals surface area contributed by atoms with E-state index in [4.69, 9.17) is 9.40 Å². The number of hydrogen-bond acceptors (Lipinski definition) is 2. The Morgan fingerprint density at radius 1 is 0.594 bits per heavy atom. The van der Waals surface area contributed by atoms with E-state index in [-0.39, 0.29) is 0 Å². The predicted molar refractivity (Wildman–Crippen MR) is 132 cm³/mol. The normalized spacial score (nSPS) is 12.4. The summed E-state index contributed by atoms with van der Waals surface area (Å²) in [7, 11) is 0. The van der Waals surface area contributed by atoms with Gasteiger partial charge in [-0.1, -0.05) is 66.7 Å². The highest BCUT2D eigenvalue weighted by molar-refractivity contribution is 6.23. The Labute approximate surface area is 182 Å². The molecule has 0 saturated heterocycles. The van der Waals surface area contributed by atoms with Crippen LogP contribution < -0.4 is 0 Å². The van der Waals surface area contributed by atoms with Crippen LogP contribution in [0.1, 0.15) is 0 Å². The highest BCUT2D eigenvalue weighted by Crippen LogP contribution is 2.41. The monoisotopic (exact) mass is 408 g/mol. The van der Waals surface area contributed by atoms with E-state index in [0.717, 1.165) is 33.2 Å². The molecule has 4 aromatic heterocycles. The molecule has 0 aliphatic rings. The molecule has 0 spiro atoms. The molecule has 0 atom stereocenters. The second-order valence-corrected chi connectivity index (χ2v) is 8.42. The zero-order valence-corrected chi connectivity index (χ0v) is 17.0. The van der Waals surface area contributed by atoms with Crippen molar-refractivity contribution >= 4 is 60.0 Å². The zero-order valence-electron chi connectivity index (χ0n) is 17.0. The first-order valence-corrected chi connectivity index (χ1v) is 10.8. The van der Waals surface area contributed by atoms with Crippen molar-refractivity contribution in [2.75, 3.05) is 0 Å². The van der Waals surface area contributed by atoms with Gasteiger partial charge in [0.05, 0.1) is 16.6 Å². The van der Waals surface area contributed by atoms with Crippen molar-refractivity contribution < 1.29 is 4.42 Å². The zero-order chi connectivity index (χ0) is 20.8. The van der Waals surface area contributed by atoms with Crippen LogP contribution >= 0.6 is 0 Å². The van der Waals surface area contributed by atoms with Crippen LogP contribution in [0.2, 0.25) is 0 Å². The summed E-state index contributed by atoms with van der Waals surface area (Å²) < 4.78 is 8.66. The van der Waals surface area contributed by atoms with Crippen LogP contribution in [0.3, 0.4) is 0 Å². The fourth-order valence-electron chi connectivity index (χ4n) is 5.44. The van der Waals surface area contributed by atoms with Crippen LogP contribution in [0.15, 0.2) is 102 Å². The average molecular weight is 408 g/mol. The highest BCUT2D eigenvalue weighted by Gasteiger charge is 2.19. The number of para-hydroxylation sites is 3. The van der Waals surface area contributed by atoms with E-state index in [0.29, 0.717) is 0 Å². The molecule has 8 aromatic rings. The summed E-state index contributed by atoms with van der Waals surface area (Å²) in [5.74, 6) is 0. The van der Waals surface area contributed by atoms with Gasteiger partial charge in [0.1, 0.15) is 11.3 Å². The molecule has 3 heteroatoms. The Bertz CT molecular complexity index is 1990. The van der Waals surface area contributed by atoms with E-state index in [9.17, 15) is 0 Å². The Morgan fingerprint density at radius 3 is 2.25 bits per heavy atom. The van der Waals surface area contributed by atoms with Crippen LogP contribution in [0.5, 0.6) is 0 Å². The van der Waals surface area contributed by atoms with Gasteiger partial charge in [-0.25, -0.2) is 0 Å². The van der Waals surface area contributed by atoms with Crippen LogP contribution in [0, 0.1) is 0 Å². The molecule has 0 N–H and O–H groups in total. The summed E-state index contributed by atoms with van der Waals surface area (Å²) >= 11 is 0. The van der Waals surface area contributed by atoms with E-state index >= 15 is 0 Å². The molecular formula is C29H16N2O. The molecule has 32 heavy (non-hydrogen) atoms. The molecule has 4 aromatic carbocycles. The largest absolute Gasteiger partial charge is 0.454 e. The first-order valence-electron chi connectivity index (χ1n) is 10.8. The molecule has 0 aliphatic carbocycles. The molecule has 148 valence electrons. The predicted octanol–water partition coefficient (Wildman–Crippen LogP) is 7.80. The van der Waals surface area contributed by atoms with E-state index in [1.54, 1.807) is 0 Å². The number of aromatic nitrogens is 2. The van der Waals surface area contributed by atoms with E-state index in [1.165, 1.54) is 38.1 Å². The van der Waals surface area contributed by atoms with Crippen molar-refractivity contribution in [1.82, 2.24) is 9.38 Å². The lowest BCUT2D eigenvalue weighted by molar-refractivity contribution is 0.668. The summed E-state index contributed by atoms with van der Waals surface area (Å²) in [4.78, 5) is 4.74. The number of furan rings is 1. The minimum atomic E-state index is 0.840. The molecule has 3 nitrogen and oxygen atoms in total. The van der Waals surface area contributed by atoms with Gasteiger partial charge >= 0.3 is 0 Å². The summed E-state index contributed by atoms with van der Waals surface area (Å²) in [6.07, 6.45) is 1.88. The molecule has 0 amide bonds. The summed E-state index contributed by atoms with van der Waals surface area (Å²) in [5.41, 5.74) is 7.40. The van der Waals surface area contributed by atoms with Gasteiger partial charge < -0.3 is 8.82 Å². The van der Waals surface area contributed by atoms with Crippen molar-refractivity contribution in [3.8, 4) is 11.3 Å². The molecule has 0 radical (unpaired) electrons. The van der Waals surface area contributed by atoms with Gasteiger partial charge in [0.25, 0.3) is 0 Å². The number of fused-ring (bicyclic) bond motifs is 9. The van der Waals surface area contributed by atoms with E-state index in [2.05, 4.69) is 71.1 Å².